The van der Waals surface area contributed by atoms with E-state index in [9.17, 15) is 17.0 Å². The number of rotatable bonds is 15. The van der Waals surface area contributed by atoms with Crippen LogP contribution in [0.4, 0.5) is 0 Å². The minimum atomic E-state index is -5.81. The average Bonchev–Trinajstić information content (AvgIpc) is 4.09. The van der Waals surface area contributed by atoms with Crippen molar-refractivity contribution < 1.29 is 16.4 Å². The zero-order valence-electron chi connectivity index (χ0n) is 41.2. The number of aryl methyl sites for hydroxylation is 2. The molecule has 0 fully saturated rings. The maximum atomic E-state index is 9.64. The first kappa shape index (κ1) is 47.3. The van der Waals surface area contributed by atoms with Gasteiger partial charge in [0.1, 0.15) is 0 Å². The van der Waals surface area contributed by atoms with E-state index in [1.54, 1.807) is 0 Å². The maximum absolute atomic E-state index is 9.64. The van der Waals surface area contributed by atoms with Crippen molar-refractivity contribution in [1.82, 2.24) is 0 Å². The van der Waals surface area contributed by atoms with E-state index in [1.165, 1.54) is 114 Å². The predicted octanol–water partition coefficient (Wildman–Crippen LogP) is 16.9. The van der Waals surface area contributed by atoms with Crippen molar-refractivity contribution in [2.45, 2.75) is 86.3 Å². The van der Waals surface area contributed by atoms with Crippen molar-refractivity contribution in [1.29, 1.82) is 0 Å². The Labute approximate surface area is 427 Å². The molecule has 0 saturated heterocycles. The SMILES string of the molecule is CCCC1=Cc2c(ccc(CCC)c2-c2ccccc2-c2ccccc2)[CH]1[Zr]([Cl])([Cl])([c]1cccc2c1[SiH2]c1ccccc1-2)[CH]1C(CCC)=Cc2c1ccc(CCC)c2-c1ccccc1-c1ccccc1. The average molecular weight is 1050 g/mol. The van der Waals surface area contributed by atoms with E-state index >= 15 is 0 Å². The predicted molar refractivity (Wildman–Crippen MR) is 305 cm³/mol. The molecule has 1 heterocycles. The summed E-state index contributed by atoms with van der Waals surface area (Å²) >= 11 is -5.81. The molecular formula is C66H63Cl2SiZr. The van der Waals surface area contributed by atoms with Crippen LogP contribution in [-0.4, -0.2) is 9.52 Å². The van der Waals surface area contributed by atoms with Gasteiger partial charge in [0, 0.05) is 0 Å². The number of fused-ring (bicyclic) bond motifs is 5. The molecule has 0 saturated carbocycles. The Morgan fingerprint density at radius 1 is 0.400 bits per heavy atom. The molecule has 0 aromatic heterocycles. The summed E-state index contributed by atoms with van der Waals surface area (Å²) in [5.74, 6) is 0. The first-order valence-corrected chi connectivity index (χ1v) is 37.9. The van der Waals surface area contributed by atoms with Gasteiger partial charge in [0.2, 0.25) is 0 Å². The molecule has 11 rings (SSSR count). The molecule has 4 heteroatoms. The van der Waals surface area contributed by atoms with E-state index in [0.717, 1.165) is 51.4 Å². The van der Waals surface area contributed by atoms with Crippen LogP contribution in [0.1, 0.15) is 107 Å². The van der Waals surface area contributed by atoms with Gasteiger partial charge < -0.3 is 0 Å². The molecule has 0 nitrogen and oxygen atoms in total. The second kappa shape index (κ2) is 19.5. The number of halogens is 2. The van der Waals surface area contributed by atoms with Gasteiger partial charge in [-0.2, -0.15) is 0 Å². The zero-order valence-corrected chi connectivity index (χ0v) is 46.6. The van der Waals surface area contributed by atoms with Crippen LogP contribution in [0.25, 0.3) is 67.8 Å². The first-order valence-electron chi connectivity index (χ1n) is 26.1. The van der Waals surface area contributed by atoms with Crippen LogP contribution >= 0.6 is 17.0 Å². The van der Waals surface area contributed by atoms with Crippen molar-refractivity contribution in [3.05, 3.63) is 220 Å². The number of hydrogen-bond donors (Lipinski definition) is 0. The molecule has 0 bridgehead atoms. The van der Waals surface area contributed by atoms with E-state index in [-0.39, 0.29) is 7.25 Å². The minimum absolute atomic E-state index is 0.131. The van der Waals surface area contributed by atoms with Crippen molar-refractivity contribution in [3.8, 4) is 55.6 Å². The van der Waals surface area contributed by atoms with Crippen LogP contribution in [0, 0.1) is 0 Å². The van der Waals surface area contributed by atoms with E-state index in [1.807, 2.05) is 0 Å². The fourth-order valence-corrected chi connectivity index (χ4v) is 41.2. The third-order valence-corrected chi connectivity index (χ3v) is 38.6. The standard InChI is InChI=1S/2C27H27.C12H9Si.2ClH.Zr/c2*1-3-10-20-18-23-17-16-22(11-4-2)27(26(23)19-20)25-15-9-8-14-24(25)21-12-6-5-7-13-21;1-3-7-11-9(5-1)10-6-2-4-8-12(10)13-11;;;/h2*5-9,12-19H,3-4,10-11H2,1-2H3;1-7H,13H2;2*1H;/q;;;;;+2/p-2. The van der Waals surface area contributed by atoms with Gasteiger partial charge >= 0.3 is 431 Å². The van der Waals surface area contributed by atoms with Crippen LogP contribution in [0.5, 0.6) is 0 Å². The summed E-state index contributed by atoms with van der Waals surface area (Å²) in [7, 11) is 18.4. The quantitative estimate of drug-likeness (QED) is 0.0898. The van der Waals surface area contributed by atoms with Crippen molar-refractivity contribution in [2.24, 2.45) is 0 Å². The third-order valence-electron chi connectivity index (χ3n) is 15.9. The van der Waals surface area contributed by atoms with Crippen LogP contribution in [0.2, 0.25) is 0 Å². The van der Waals surface area contributed by atoms with Gasteiger partial charge in [-0.25, -0.2) is 0 Å². The third kappa shape index (κ3) is 7.80. The van der Waals surface area contributed by atoms with Crippen molar-refractivity contribution in [3.63, 3.8) is 0 Å². The topological polar surface area (TPSA) is 0 Å². The van der Waals surface area contributed by atoms with Gasteiger partial charge in [0.25, 0.3) is 0 Å². The molecule has 3 aliphatic rings. The molecule has 0 radical (unpaired) electrons. The van der Waals surface area contributed by atoms with E-state index in [2.05, 4.69) is 216 Å². The Bertz CT molecular complexity index is 3170. The molecular weight excluding hydrogens is 983 g/mol. The summed E-state index contributed by atoms with van der Waals surface area (Å²) in [5, 5.41) is 2.97. The Morgan fingerprint density at radius 3 is 1.29 bits per heavy atom. The van der Waals surface area contributed by atoms with Crippen molar-refractivity contribution in [2.75, 3.05) is 0 Å². The van der Waals surface area contributed by atoms with E-state index < -0.39 is 25.9 Å². The summed E-state index contributed by atoms with van der Waals surface area (Å²) in [5.41, 5.74) is 23.9. The van der Waals surface area contributed by atoms with Gasteiger partial charge in [-0.05, 0) is 0 Å². The molecule has 0 spiro atoms. The molecule has 0 amide bonds. The van der Waals surface area contributed by atoms with Gasteiger partial charge in [-0.15, -0.1) is 0 Å². The Kier molecular flexibility index (Phi) is 13.2. The van der Waals surface area contributed by atoms with Crippen LogP contribution < -0.4 is 13.6 Å². The normalized spacial score (nSPS) is 16.5. The monoisotopic (exact) mass is 1040 g/mol. The number of benzene rings is 8. The molecule has 2 atom stereocenters. The Morgan fingerprint density at radius 2 is 0.814 bits per heavy atom. The molecule has 2 unspecified atom stereocenters. The summed E-state index contributed by atoms with van der Waals surface area (Å²) in [4.78, 5) is 0. The van der Waals surface area contributed by atoms with Gasteiger partial charge in [0.15, 0.2) is 0 Å². The summed E-state index contributed by atoms with van der Waals surface area (Å²) < 4.78 is 1.04. The van der Waals surface area contributed by atoms with Crippen LogP contribution in [0.3, 0.4) is 0 Å². The fraction of sp³-hybridized carbons (Fsp3) is 0.212. The molecule has 8 aromatic rings. The van der Waals surface area contributed by atoms with Crippen LogP contribution in [-0.2, 0) is 29.2 Å². The number of hydrogen-bond acceptors (Lipinski definition) is 0. The second-order valence-electron chi connectivity index (χ2n) is 20.2. The molecule has 70 heavy (non-hydrogen) atoms. The molecule has 8 aromatic carbocycles. The summed E-state index contributed by atoms with van der Waals surface area (Å²) in [6.07, 6.45) is 13.2. The number of allylic oxidation sites excluding steroid dienone is 2. The van der Waals surface area contributed by atoms with Crippen molar-refractivity contribution >= 4 is 52.3 Å². The van der Waals surface area contributed by atoms with Crippen LogP contribution in [0.15, 0.2) is 187 Å². The van der Waals surface area contributed by atoms with E-state index in [0.29, 0.717) is 0 Å². The fourth-order valence-electron chi connectivity index (χ4n) is 13.2. The Hall–Kier alpha value is -5.08. The molecule has 0 N–H and O–H groups in total. The van der Waals surface area contributed by atoms with Gasteiger partial charge in [0.05, 0.1) is 0 Å². The molecule has 1 aliphatic heterocycles. The summed E-state index contributed by atoms with van der Waals surface area (Å²) in [6, 6.07) is 66.2. The second-order valence-corrected chi connectivity index (χ2v) is 42.6. The first-order chi connectivity index (χ1) is 34.3. The van der Waals surface area contributed by atoms with Gasteiger partial charge in [-0.1, -0.05) is 0 Å². The summed E-state index contributed by atoms with van der Waals surface area (Å²) in [6.45, 7) is 9.30. The van der Waals surface area contributed by atoms with E-state index in [4.69, 9.17) is 0 Å². The Balaban J connectivity index is 1.23. The zero-order chi connectivity index (χ0) is 48.0. The van der Waals surface area contributed by atoms with Gasteiger partial charge in [-0.3, -0.25) is 0 Å². The molecule has 2 aliphatic carbocycles. The molecule has 349 valence electrons.